The fourth-order valence-electron chi connectivity index (χ4n) is 4.90. The average molecular weight is 660 g/mol. The Bertz CT molecular complexity index is 1760. The van der Waals surface area contributed by atoms with Gasteiger partial charge >= 0.3 is 29.0 Å². The summed E-state index contributed by atoms with van der Waals surface area (Å²) in [6, 6.07) is 14.2. The van der Waals surface area contributed by atoms with Crippen molar-refractivity contribution in [2.24, 2.45) is 5.41 Å². The van der Waals surface area contributed by atoms with E-state index in [1.165, 1.54) is 49.7 Å². The van der Waals surface area contributed by atoms with Crippen molar-refractivity contribution in [3.8, 4) is 23.0 Å². The molecular formula is C34H35F2MgN3O7. The first kappa shape index (κ1) is 35.4. The zero-order valence-electron chi connectivity index (χ0n) is 27.8. The number of aromatic nitrogens is 1. The van der Waals surface area contributed by atoms with E-state index in [-0.39, 0.29) is 43.8 Å². The topological polar surface area (TPSA) is 136 Å². The summed E-state index contributed by atoms with van der Waals surface area (Å²) in [7, 11) is 1.50. The van der Waals surface area contributed by atoms with E-state index in [0.29, 0.717) is 59.7 Å². The molecule has 3 N–H and O–H groups in total. The number of ether oxygens (including phenoxy) is 3. The van der Waals surface area contributed by atoms with Crippen molar-refractivity contribution in [2.75, 3.05) is 24.4 Å². The molecule has 0 atom stereocenters. The summed E-state index contributed by atoms with van der Waals surface area (Å²) in [6.07, 6.45) is 5.34. The first-order valence-corrected chi connectivity index (χ1v) is 14.9. The average Bonchev–Trinajstić information content (AvgIpc) is 3.85. The van der Waals surface area contributed by atoms with Crippen molar-refractivity contribution in [1.29, 1.82) is 0 Å². The van der Waals surface area contributed by atoms with E-state index in [4.69, 9.17) is 19.3 Å². The van der Waals surface area contributed by atoms with Crippen LogP contribution in [0.3, 0.4) is 0 Å². The van der Waals surface area contributed by atoms with Gasteiger partial charge in [0.25, 0.3) is 0 Å². The number of hydrogen-bond donors (Lipinski definition) is 3. The van der Waals surface area contributed by atoms with Crippen molar-refractivity contribution < 1.29 is 45.3 Å². The number of hydrogen-bond acceptors (Lipinski definition) is 7. The Kier molecular flexibility index (Phi) is 11.9. The van der Waals surface area contributed by atoms with Gasteiger partial charge in [-0.15, -0.1) is 0 Å². The molecule has 1 aliphatic carbocycles. The molecule has 3 aromatic carbocycles. The second-order valence-electron chi connectivity index (χ2n) is 11.0. The van der Waals surface area contributed by atoms with Gasteiger partial charge in [0.2, 0.25) is 11.8 Å². The molecule has 47 heavy (non-hydrogen) atoms. The molecule has 13 heteroatoms. The molecule has 1 saturated carbocycles. The summed E-state index contributed by atoms with van der Waals surface area (Å²) in [4.78, 5) is 40.9. The maximum absolute atomic E-state index is 15.2. The number of carbonyl (C=O) groups is 3. The van der Waals surface area contributed by atoms with Gasteiger partial charge in [0, 0.05) is 41.5 Å². The van der Waals surface area contributed by atoms with Crippen LogP contribution in [0.25, 0.3) is 10.9 Å². The fraction of sp³-hybridized carbons (Fsp3) is 0.294. The van der Waals surface area contributed by atoms with Crippen molar-refractivity contribution in [3.05, 3.63) is 78.5 Å². The largest absolute Gasteiger partial charge is 2.00 e. The fourth-order valence-corrected chi connectivity index (χ4v) is 4.90. The summed E-state index contributed by atoms with van der Waals surface area (Å²) in [6.45, 7) is 0.416. The number of halogens is 2. The van der Waals surface area contributed by atoms with Gasteiger partial charge in [-0.1, -0.05) is 12.8 Å². The zero-order valence-corrected chi connectivity index (χ0v) is 27.2. The quantitative estimate of drug-likeness (QED) is 0.0710. The monoisotopic (exact) mass is 659 g/mol. The van der Waals surface area contributed by atoms with Crippen LogP contribution in [0.2, 0.25) is 0 Å². The van der Waals surface area contributed by atoms with Gasteiger partial charge in [-0.2, -0.15) is 0 Å². The number of amides is 2. The van der Waals surface area contributed by atoms with Gasteiger partial charge < -0.3 is 32.8 Å². The summed E-state index contributed by atoms with van der Waals surface area (Å²) in [5.41, 5.74) is -0.238. The maximum atomic E-state index is 15.2. The number of pyridine rings is 1. The molecule has 2 amide bonds. The molecule has 0 bridgehead atoms. The van der Waals surface area contributed by atoms with Gasteiger partial charge in [-0.05, 0) is 74.2 Å². The third-order valence-electron chi connectivity index (χ3n) is 7.66. The summed E-state index contributed by atoms with van der Waals surface area (Å²) < 4.78 is 45.7. The first-order chi connectivity index (χ1) is 22.2. The molecule has 1 fully saturated rings. The van der Waals surface area contributed by atoms with Gasteiger partial charge in [0.1, 0.15) is 17.0 Å². The van der Waals surface area contributed by atoms with Crippen molar-refractivity contribution in [3.63, 3.8) is 0 Å². The minimum absolute atomic E-state index is 0. The first-order valence-electron chi connectivity index (χ1n) is 14.9. The van der Waals surface area contributed by atoms with Crippen LogP contribution in [0, 0.1) is 17.0 Å². The van der Waals surface area contributed by atoms with E-state index in [2.05, 4.69) is 15.6 Å². The molecule has 244 valence electrons. The van der Waals surface area contributed by atoms with Gasteiger partial charge in [0.05, 0.1) is 19.2 Å². The molecular weight excluding hydrogens is 625 g/mol. The van der Waals surface area contributed by atoms with Gasteiger partial charge in [-0.3, -0.25) is 19.4 Å². The normalized spacial score (nSPS) is 12.8. The van der Waals surface area contributed by atoms with E-state index in [0.717, 1.165) is 25.3 Å². The Labute approximate surface area is 288 Å². The third-order valence-corrected chi connectivity index (χ3v) is 7.66. The molecule has 0 spiro atoms. The molecule has 1 aromatic heterocycles. The number of unbranched alkanes of at least 4 members (excludes halogenated alkanes) is 3. The molecule has 0 unspecified atom stereocenters. The van der Waals surface area contributed by atoms with Gasteiger partial charge in [-0.25, -0.2) is 8.78 Å². The minimum atomic E-state index is -1.29. The van der Waals surface area contributed by atoms with E-state index >= 15 is 4.39 Å². The van der Waals surface area contributed by atoms with Crippen molar-refractivity contribution in [1.82, 2.24) is 4.98 Å². The van der Waals surface area contributed by atoms with Crippen LogP contribution in [0.4, 0.5) is 20.2 Å². The van der Waals surface area contributed by atoms with Crippen LogP contribution < -0.4 is 24.8 Å². The Morgan fingerprint density at radius 1 is 0.851 bits per heavy atom. The van der Waals surface area contributed by atoms with Crippen LogP contribution in [0.1, 0.15) is 47.8 Å². The Hall–Kier alpha value is -4.49. The van der Waals surface area contributed by atoms with Crippen LogP contribution in [-0.2, 0) is 14.4 Å². The van der Waals surface area contributed by atoms with E-state index in [1.54, 1.807) is 18.2 Å². The third kappa shape index (κ3) is 8.86. The number of fused-ring (bicyclic) bond motifs is 1. The number of rotatable bonds is 15. The predicted molar refractivity (Wildman–Crippen MR) is 174 cm³/mol. The van der Waals surface area contributed by atoms with E-state index < -0.39 is 34.8 Å². The second-order valence-corrected chi connectivity index (χ2v) is 11.0. The number of benzene rings is 3. The standard InChI is InChI=1S/C34H33F2N3O7.Mg.2H/c1-44-29-19-24-26(20-30(29)45-17-5-3-2-4-6-31(40)41)37-16-13-27(24)46-28-12-11-23(18-25(28)36)39-33(43)34(14-15-34)32(42)38-22-9-7-21(35)8-10-22;;;/h7-13,16,18-20H,2-6,14-15,17H2,1H3,(H,38,42)(H,39,43)(H,40,41);;;/q;+2;2*-1. The van der Waals surface area contributed by atoms with E-state index in [1.807, 2.05) is 0 Å². The number of carboxylic acids is 1. The molecule has 5 rings (SSSR count). The summed E-state index contributed by atoms with van der Waals surface area (Å²) in [5, 5.41) is 14.6. The molecule has 1 heterocycles. The van der Waals surface area contributed by atoms with Crippen molar-refractivity contribution >= 4 is 63.1 Å². The van der Waals surface area contributed by atoms with Gasteiger partial charge in [0.15, 0.2) is 23.1 Å². The maximum Gasteiger partial charge on any atom is 2.00 e. The Balaban J connectivity index is 0.00000278. The number of nitrogens with one attached hydrogen (secondary N) is 2. The predicted octanol–water partition coefficient (Wildman–Crippen LogP) is 6.93. The number of aliphatic carboxylic acids is 1. The van der Waals surface area contributed by atoms with Crippen LogP contribution >= 0.6 is 0 Å². The van der Waals surface area contributed by atoms with E-state index in [9.17, 15) is 18.8 Å². The Morgan fingerprint density at radius 3 is 2.19 bits per heavy atom. The smallest absolute Gasteiger partial charge is 1.00 e. The Morgan fingerprint density at radius 2 is 1.53 bits per heavy atom. The summed E-state index contributed by atoms with van der Waals surface area (Å²) in [5.74, 6) is -1.92. The number of anilines is 2. The molecule has 0 saturated heterocycles. The molecule has 10 nitrogen and oxygen atoms in total. The van der Waals surface area contributed by atoms with Crippen LogP contribution in [-0.4, -0.2) is 64.6 Å². The SMILES string of the molecule is COc1cc2c(Oc3ccc(NC(=O)C4(C(=O)Nc5ccc(F)cc5)CC4)cc3F)ccnc2cc1OCCCCCCC(=O)O.[H-].[H-].[Mg+2]. The second kappa shape index (κ2) is 15.9. The van der Waals surface area contributed by atoms with Crippen LogP contribution in [0.5, 0.6) is 23.0 Å². The molecule has 1 aliphatic rings. The molecule has 4 aromatic rings. The number of carboxylic acid groups (broad SMARTS) is 1. The molecule has 0 radical (unpaired) electrons. The van der Waals surface area contributed by atoms with Crippen molar-refractivity contribution in [2.45, 2.75) is 44.9 Å². The number of carbonyl (C=O) groups excluding carboxylic acids is 2. The minimum Gasteiger partial charge on any atom is -1.00 e. The summed E-state index contributed by atoms with van der Waals surface area (Å²) >= 11 is 0. The number of methoxy groups -OCH3 is 1. The zero-order chi connectivity index (χ0) is 32.7. The van der Waals surface area contributed by atoms with Crippen LogP contribution in [0.15, 0.2) is 66.9 Å². The molecule has 0 aliphatic heterocycles. The number of nitrogens with zero attached hydrogens (tertiary/aromatic N) is 1.